The molecule has 0 amide bonds. The first-order chi connectivity index (χ1) is 5.34. The first-order valence-electron chi connectivity index (χ1n) is 3.53. The molecule has 12 heavy (non-hydrogen) atoms. The summed E-state index contributed by atoms with van der Waals surface area (Å²) in [6, 6.07) is 0. The standard InChI is InChI=1S/C8H10F3N/c1-5-4-12(3)7(6(5)2)8(9,10)11/h4H,1-3H3. The highest BCUT2D eigenvalue weighted by molar-refractivity contribution is 5.31. The zero-order chi connectivity index (χ0) is 9.52. The van der Waals surface area contributed by atoms with Crippen LogP contribution in [-0.2, 0) is 13.2 Å². The predicted molar refractivity (Wildman–Crippen MR) is 39.9 cm³/mol. The Balaban J connectivity index is 3.32. The molecule has 0 radical (unpaired) electrons. The lowest BCUT2D eigenvalue weighted by Crippen LogP contribution is -2.12. The molecular weight excluding hydrogens is 167 g/mol. The van der Waals surface area contributed by atoms with Crippen molar-refractivity contribution in [3.63, 3.8) is 0 Å². The molecule has 1 rings (SSSR count). The molecule has 0 aliphatic carbocycles. The van der Waals surface area contributed by atoms with E-state index in [2.05, 4.69) is 0 Å². The van der Waals surface area contributed by atoms with Crippen LogP contribution in [0.15, 0.2) is 6.20 Å². The van der Waals surface area contributed by atoms with Gasteiger partial charge in [0.05, 0.1) is 0 Å². The van der Waals surface area contributed by atoms with Gasteiger partial charge < -0.3 is 4.57 Å². The molecule has 4 heteroatoms. The average molecular weight is 177 g/mol. The third-order valence-electron chi connectivity index (χ3n) is 1.96. The van der Waals surface area contributed by atoms with Crippen molar-refractivity contribution in [3.8, 4) is 0 Å². The summed E-state index contributed by atoms with van der Waals surface area (Å²) in [5, 5.41) is 0. The summed E-state index contributed by atoms with van der Waals surface area (Å²) >= 11 is 0. The van der Waals surface area contributed by atoms with Crippen LogP contribution in [0.25, 0.3) is 0 Å². The van der Waals surface area contributed by atoms with Crippen LogP contribution in [0, 0.1) is 13.8 Å². The Morgan fingerprint density at radius 1 is 1.25 bits per heavy atom. The van der Waals surface area contributed by atoms with Crippen LogP contribution in [0.5, 0.6) is 0 Å². The maximum Gasteiger partial charge on any atom is 0.431 e. The van der Waals surface area contributed by atoms with Crippen LogP contribution in [0.4, 0.5) is 13.2 Å². The summed E-state index contributed by atoms with van der Waals surface area (Å²) in [7, 11) is 1.41. The van der Waals surface area contributed by atoms with Crippen molar-refractivity contribution in [2.24, 2.45) is 7.05 Å². The predicted octanol–water partition coefficient (Wildman–Crippen LogP) is 2.66. The van der Waals surface area contributed by atoms with E-state index in [9.17, 15) is 13.2 Å². The van der Waals surface area contributed by atoms with Crippen molar-refractivity contribution in [1.29, 1.82) is 0 Å². The Labute approximate surface area is 68.8 Å². The second-order valence-corrected chi connectivity index (χ2v) is 2.89. The maximum atomic E-state index is 12.3. The van der Waals surface area contributed by atoms with Gasteiger partial charge in [-0.15, -0.1) is 0 Å². The van der Waals surface area contributed by atoms with Gasteiger partial charge in [0.2, 0.25) is 0 Å². The summed E-state index contributed by atoms with van der Waals surface area (Å²) in [5.41, 5.74) is 0.426. The molecule has 0 saturated carbocycles. The van der Waals surface area contributed by atoms with E-state index in [1.807, 2.05) is 0 Å². The van der Waals surface area contributed by atoms with Crippen molar-refractivity contribution in [2.45, 2.75) is 20.0 Å². The molecule has 0 aliphatic rings. The second-order valence-electron chi connectivity index (χ2n) is 2.89. The largest absolute Gasteiger partial charge is 0.431 e. The van der Waals surface area contributed by atoms with Crippen molar-refractivity contribution in [2.75, 3.05) is 0 Å². The van der Waals surface area contributed by atoms with Gasteiger partial charge in [-0.2, -0.15) is 13.2 Å². The van der Waals surface area contributed by atoms with Gasteiger partial charge in [-0.25, -0.2) is 0 Å². The molecule has 0 atom stereocenters. The van der Waals surface area contributed by atoms with Crippen LogP contribution >= 0.6 is 0 Å². The zero-order valence-electron chi connectivity index (χ0n) is 7.16. The number of rotatable bonds is 0. The Morgan fingerprint density at radius 2 is 1.75 bits per heavy atom. The molecule has 1 heterocycles. The third kappa shape index (κ3) is 1.33. The van der Waals surface area contributed by atoms with Gasteiger partial charge in [0.1, 0.15) is 5.69 Å². The summed E-state index contributed by atoms with van der Waals surface area (Å²) < 4.78 is 38.0. The van der Waals surface area contributed by atoms with Gasteiger partial charge in [-0.05, 0) is 25.0 Å². The molecular formula is C8H10F3N. The minimum Gasteiger partial charge on any atom is -0.347 e. The van der Waals surface area contributed by atoms with Gasteiger partial charge in [0.15, 0.2) is 0 Å². The quantitative estimate of drug-likeness (QED) is 0.574. The lowest BCUT2D eigenvalue weighted by atomic mass is 10.2. The fraction of sp³-hybridized carbons (Fsp3) is 0.500. The fourth-order valence-electron chi connectivity index (χ4n) is 1.32. The summed E-state index contributed by atoms with van der Waals surface area (Å²) in [6.45, 7) is 3.16. The molecule has 68 valence electrons. The van der Waals surface area contributed by atoms with E-state index in [1.165, 1.54) is 20.2 Å². The second kappa shape index (κ2) is 2.54. The highest BCUT2D eigenvalue weighted by atomic mass is 19.4. The van der Waals surface area contributed by atoms with E-state index in [-0.39, 0.29) is 0 Å². The highest BCUT2D eigenvalue weighted by Gasteiger charge is 2.35. The first-order valence-corrected chi connectivity index (χ1v) is 3.53. The number of hydrogen-bond acceptors (Lipinski definition) is 0. The molecule has 0 aliphatic heterocycles. The van der Waals surface area contributed by atoms with E-state index in [1.54, 1.807) is 6.92 Å². The van der Waals surface area contributed by atoms with Crippen LogP contribution in [0.2, 0.25) is 0 Å². The normalized spacial score (nSPS) is 12.2. The smallest absolute Gasteiger partial charge is 0.347 e. The first kappa shape index (κ1) is 9.16. The van der Waals surface area contributed by atoms with E-state index >= 15 is 0 Å². The van der Waals surface area contributed by atoms with Gasteiger partial charge in [-0.1, -0.05) is 0 Å². The zero-order valence-corrected chi connectivity index (χ0v) is 7.16. The average Bonchev–Trinajstić information content (AvgIpc) is 2.05. The molecule has 1 aromatic rings. The summed E-state index contributed by atoms with van der Waals surface area (Å²) in [6.07, 6.45) is -2.76. The Bertz CT molecular complexity index is 296. The number of hydrogen-bond donors (Lipinski definition) is 0. The molecule has 0 saturated heterocycles. The maximum absolute atomic E-state index is 12.3. The van der Waals surface area contributed by atoms with Gasteiger partial charge in [0.25, 0.3) is 0 Å². The van der Waals surface area contributed by atoms with Crippen LogP contribution in [0.1, 0.15) is 16.8 Å². The molecule has 0 N–H and O–H groups in total. The van der Waals surface area contributed by atoms with Crippen molar-refractivity contribution >= 4 is 0 Å². The molecule has 0 unspecified atom stereocenters. The van der Waals surface area contributed by atoms with Gasteiger partial charge >= 0.3 is 6.18 Å². The van der Waals surface area contributed by atoms with E-state index in [4.69, 9.17) is 0 Å². The number of nitrogens with zero attached hydrogens (tertiary/aromatic N) is 1. The van der Waals surface area contributed by atoms with E-state index < -0.39 is 11.9 Å². The molecule has 0 fully saturated rings. The SMILES string of the molecule is Cc1cn(C)c(C(F)(F)F)c1C. The lowest BCUT2D eigenvalue weighted by Gasteiger charge is -2.08. The van der Waals surface area contributed by atoms with E-state index in [0.29, 0.717) is 11.1 Å². The van der Waals surface area contributed by atoms with E-state index in [0.717, 1.165) is 4.57 Å². The third-order valence-corrected chi connectivity index (χ3v) is 1.96. The topological polar surface area (TPSA) is 4.93 Å². The van der Waals surface area contributed by atoms with Crippen molar-refractivity contribution in [3.05, 3.63) is 23.0 Å². The minimum absolute atomic E-state index is 0.310. The highest BCUT2D eigenvalue weighted by Crippen LogP contribution is 2.33. The number of alkyl halides is 3. The van der Waals surface area contributed by atoms with Crippen LogP contribution in [-0.4, -0.2) is 4.57 Å². The minimum atomic E-state index is -4.24. The van der Waals surface area contributed by atoms with Crippen molar-refractivity contribution in [1.82, 2.24) is 4.57 Å². The Hall–Kier alpha value is -0.930. The molecule has 0 spiro atoms. The summed E-state index contributed by atoms with van der Waals surface area (Å²) in [4.78, 5) is 0. The molecule has 0 aromatic carbocycles. The number of halogens is 3. The monoisotopic (exact) mass is 177 g/mol. The Kier molecular flexibility index (Phi) is 1.94. The molecule has 1 aromatic heterocycles. The van der Waals surface area contributed by atoms with Crippen LogP contribution < -0.4 is 0 Å². The van der Waals surface area contributed by atoms with Gasteiger partial charge in [0, 0.05) is 13.2 Å². The molecule has 1 nitrogen and oxygen atoms in total. The lowest BCUT2D eigenvalue weighted by molar-refractivity contribution is -0.143. The van der Waals surface area contributed by atoms with Gasteiger partial charge in [-0.3, -0.25) is 0 Å². The molecule has 0 bridgehead atoms. The van der Waals surface area contributed by atoms with Crippen molar-refractivity contribution < 1.29 is 13.2 Å². The number of aryl methyl sites for hydroxylation is 2. The fourth-order valence-corrected chi connectivity index (χ4v) is 1.32. The summed E-state index contributed by atoms with van der Waals surface area (Å²) in [5.74, 6) is 0. The Morgan fingerprint density at radius 3 is 1.92 bits per heavy atom. The number of aromatic nitrogens is 1. The van der Waals surface area contributed by atoms with Crippen LogP contribution in [0.3, 0.4) is 0 Å².